The number of halogens is 1. The third-order valence-electron chi connectivity index (χ3n) is 6.30. The topological polar surface area (TPSA) is 102 Å². The molecule has 0 amide bonds. The van der Waals surface area contributed by atoms with Crippen molar-refractivity contribution in [2.24, 2.45) is 0 Å². The Morgan fingerprint density at radius 3 is 2.29 bits per heavy atom. The summed E-state index contributed by atoms with van der Waals surface area (Å²) in [5, 5.41) is 19.4. The Labute approximate surface area is 226 Å². The van der Waals surface area contributed by atoms with Crippen LogP contribution in [0.25, 0.3) is 11.1 Å². The first-order valence-electron chi connectivity index (χ1n) is 12.4. The van der Waals surface area contributed by atoms with Crippen LogP contribution in [0, 0.1) is 0 Å². The van der Waals surface area contributed by atoms with Crippen LogP contribution < -0.4 is 0 Å². The summed E-state index contributed by atoms with van der Waals surface area (Å²) in [7, 11) is 0. The van der Waals surface area contributed by atoms with Crippen LogP contribution in [0.2, 0.25) is 5.15 Å². The third kappa shape index (κ3) is 6.49. The molecule has 0 bridgehead atoms. The van der Waals surface area contributed by atoms with Crippen molar-refractivity contribution in [1.29, 1.82) is 0 Å². The van der Waals surface area contributed by atoms with E-state index in [1.165, 1.54) is 0 Å². The van der Waals surface area contributed by atoms with Crippen LogP contribution in [0.4, 0.5) is 0 Å². The number of rotatable bonds is 12. The average Bonchev–Trinajstić information content (AvgIpc) is 3.21. The van der Waals surface area contributed by atoms with Gasteiger partial charge in [-0.05, 0) is 46.9 Å². The number of carboxylic acid groups (broad SMARTS) is 2. The van der Waals surface area contributed by atoms with Crippen molar-refractivity contribution in [3.8, 4) is 11.1 Å². The molecule has 8 heteroatoms. The Balaban J connectivity index is 1.58. The Kier molecular flexibility index (Phi) is 8.94. The molecule has 0 saturated carbocycles. The number of carbonyl (C=O) groups is 2. The molecule has 1 aromatic heterocycles. The van der Waals surface area contributed by atoms with Crippen molar-refractivity contribution in [2.75, 3.05) is 0 Å². The van der Waals surface area contributed by atoms with E-state index in [0.29, 0.717) is 23.0 Å². The molecule has 0 atom stereocenters. The van der Waals surface area contributed by atoms with E-state index in [0.717, 1.165) is 41.8 Å². The van der Waals surface area contributed by atoms with E-state index >= 15 is 0 Å². The molecule has 0 radical (unpaired) electrons. The monoisotopic (exact) mass is 532 g/mol. The van der Waals surface area contributed by atoms with E-state index < -0.39 is 11.9 Å². The van der Waals surface area contributed by atoms with Gasteiger partial charge >= 0.3 is 11.9 Å². The van der Waals surface area contributed by atoms with Gasteiger partial charge in [0, 0.05) is 13.0 Å². The molecule has 4 aromatic rings. The zero-order valence-electron chi connectivity index (χ0n) is 21.1. The van der Waals surface area contributed by atoms with Crippen LogP contribution in [-0.4, -0.2) is 31.7 Å². The van der Waals surface area contributed by atoms with E-state index in [-0.39, 0.29) is 24.3 Å². The number of unbranched alkanes of at least 4 members (excludes halogenated alkanes) is 1. The highest BCUT2D eigenvalue weighted by Crippen LogP contribution is 2.27. The minimum absolute atomic E-state index is 0.201. The molecule has 0 saturated heterocycles. The molecular formula is C30H29ClN2O5. The molecule has 4 rings (SSSR count). The fraction of sp³-hybridized carbons (Fsp3) is 0.233. The highest BCUT2D eigenvalue weighted by atomic mass is 35.5. The Bertz CT molecular complexity index is 1410. The Morgan fingerprint density at radius 1 is 0.921 bits per heavy atom. The van der Waals surface area contributed by atoms with Gasteiger partial charge in [-0.1, -0.05) is 79.5 Å². The summed E-state index contributed by atoms with van der Waals surface area (Å²) in [5.74, 6) is -1.14. The molecule has 1 heterocycles. The molecule has 2 N–H and O–H groups in total. The molecule has 0 unspecified atom stereocenters. The van der Waals surface area contributed by atoms with Gasteiger partial charge in [-0.25, -0.2) is 14.6 Å². The highest BCUT2D eigenvalue weighted by Gasteiger charge is 2.18. The fourth-order valence-electron chi connectivity index (χ4n) is 4.28. The van der Waals surface area contributed by atoms with Crippen molar-refractivity contribution < 1.29 is 24.5 Å². The maximum absolute atomic E-state index is 12.1. The molecule has 3 aromatic carbocycles. The van der Waals surface area contributed by atoms with E-state index in [9.17, 15) is 14.7 Å². The number of ether oxygens (including phenoxy) is 1. The summed E-state index contributed by atoms with van der Waals surface area (Å²) < 4.78 is 7.94. The normalized spacial score (nSPS) is 11.0. The quantitative estimate of drug-likeness (QED) is 0.210. The molecule has 196 valence electrons. The first-order valence-corrected chi connectivity index (χ1v) is 12.8. The van der Waals surface area contributed by atoms with Gasteiger partial charge in [0.2, 0.25) is 0 Å². The minimum atomic E-state index is -0.988. The number of aromatic carboxylic acids is 2. The summed E-state index contributed by atoms with van der Waals surface area (Å²) >= 11 is 6.55. The molecule has 38 heavy (non-hydrogen) atoms. The molecule has 0 spiro atoms. The highest BCUT2D eigenvalue weighted by molar-refractivity contribution is 6.30. The average molecular weight is 533 g/mol. The summed E-state index contributed by atoms with van der Waals surface area (Å²) in [6.45, 7) is 2.99. The number of nitrogens with zero attached hydrogens (tertiary/aromatic N) is 2. The number of hydrogen-bond acceptors (Lipinski definition) is 4. The van der Waals surface area contributed by atoms with Gasteiger partial charge < -0.3 is 19.5 Å². The summed E-state index contributed by atoms with van der Waals surface area (Å²) in [4.78, 5) is 27.8. The first-order chi connectivity index (χ1) is 18.4. The van der Waals surface area contributed by atoms with Crippen LogP contribution in [0.3, 0.4) is 0 Å². The van der Waals surface area contributed by atoms with Crippen LogP contribution in [-0.2, 0) is 30.9 Å². The van der Waals surface area contributed by atoms with Gasteiger partial charge in [0.15, 0.2) is 5.15 Å². The standard InChI is InChI=1S/C30H29ClN2O5/c1-2-3-9-27-32-28(31)26(19-38-18-20-10-13-23(14-11-20)29(34)35)33(27)17-21-12-15-24(25(16-21)30(36)37)22-7-5-4-6-8-22/h4-8,10-16H,2-3,9,17-19H2,1H3,(H,34,35)(H,36,37). The van der Waals surface area contributed by atoms with Gasteiger partial charge in [0.1, 0.15) is 5.82 Å². The molecule has 0 fully saturated rings. The summed E-state index contributed by atoms with van der Waals surface area (Å²) in [6.07, 6.45) is 2.68. The molecule has 0 aliphatic rings. The molecule has 7 nitrogen and oxygen atoms in total. The van der Waals surface area contributed by atoms with Gasteiger partial charge in [-0.15, -0.1) is 0 Å². The second-order valence-corrected chi connectivity index (χ2v) is 9.36. The zero-order valence-corrected chi connectivity index (χ0v) is 21.8. The predicted molar refractivity (Wildman–Crippen MR) is 146 cm³/mol. The first kappa shape index (κ1) is 27.1. The lowest BCUT2D eigenvalue weighted by Crippen LogP contribution is -2.11. The summed E-state index contributed by atoms with van der Waals surface area (Å²) in [6, 6.07) is 21.5. The third-order valence-corrected chi connectivity index (χ3v) is 6.61. The molecule has 0 aliphatic heterocycles. The maximum Gasteiger partial charge on any atom is 0.336 e. The SMILES string of the molecule is CCCCc1nc(Cl)c(COCc2ccc(C(=O)O)cc2)n1Cc1ccc(-c2ccccc2)c(C(=O)O)c1. The number of imidazole rings is 1. The van der Waals surface area contributed by atoms with Crippen molar-refractivity contribution in [3.63, 3.8) is 0 Å². The Morgan fingerprint density at radius 2 is 1.63 bits per heavy atom. The van der Waals surface area contributed by atoms with Gasteiger partial charge in [0.25, 0.3) is 0 Å². The number of benzene rings is 3. The fourth-order valence-corrected chi connectivity index (χ4v) is 4.54. The number of carboxylic acids is 2. The lowest BCUT2D eigenvalue weighted by atomic mass is 9.97. The molecule has 0 aliphatic carbocycles. The van der Waals surface area contributed by atoms with Crippen LogP contribution in [0.5, 0.6) is 0 Å². The largest absolute Gasteiger partial charge is 0.478 e. The smallest absolute Gasteiger partial charge is 0.336 e. The summed E-state index contributed by atoms with van der Waals surface area (Å²) in [5.41, 5.74) is 4.33. The zero-order chi connectivity index (χ0) is 27.1. The van der Waals surface area contributed by atoms with E-state index in [2.05, 4.69) is 11.9 Å². The van der Waals surface area contributed by atoms with Crippen LogP contribution >= 0.6 is 11.6 Å². The maximum atomic E-state index is 12.1. The number of aryl methyl sites for hydroxylation is 1. The Hall–Kier alpha value is -3.94. The minimum Gasteiger partial charge on any atom is -0.478 e. The van der Waals surface area contributed by atoms with Crippen LogP contribution in [0.1, 0.15) is 63.1 Å². The van der Waals surface area contributed by atoms with Crippen molar-refractivity contribution in [1.82, 2.24) is 9.55 Å². The lowest BCUT2D eigenvalue weighted by molar-refractivity contribution is 0.0686. The van der Waals surface area contributed by atoms with E-state index in [1.807, 2.05) is 47.0 Å². The number of aromatic nitrogens is 2. The van der Waals surface area contributed by atoms with Gasteiger partial charge in [-0.2, -0.15) is 0 Å². The van der Waals surface area contributed by atoms with E-state index in [4.69, 9.17) is 21.4 Å². The van der Waals surface area contributed by atoms with Gasteiger partial charge in [-0.3, -0.25) is 0 Å². The second kappa shape index (κ2) is 12.5. The van der Waals surface area contributed by atoms with Crippen molar-refractivity contribution >= 4 is 23.5 Å². The molecular weight excluding hydrogens is 504 g/mol. The predicted octanol–water partition coefficient (Wildman–Crippen LogP) is 6.71. The second-order valence-electron chi connectivity index (χ2n) is 9.00. The van der Waals surface area contributed by atoms with Crippen molar-refractivity contribution in [3.05, 3.63) is 112 Å². The van der Waals surface area contributed by atoms with Crippen molar-refractivity contribution in [2.45, 2.75) is 45.9 Å². The van der Waals surface area contributed by atoms with Gasteiger partial charge in [0.05, 0.1) is 30.0 Å². The van der Waals surface area contributed by atoms with E-state index in [1.54, 1.807) is 30.3 Å². The lowest BCUT2D eigenvalue weighted by Gasteiger charge is -2.15. The number of hydrogen-bond donors (Lipinski definition) is 2. The van der Waals surface area contributed by atoms with Crippen LogP contribution in [0.15, 0.2) is 72.8 Å².